The zero-order valence-corrected chi connectivity index (χ0v) is 15.6. The monoisotopic (exact) mass is 367 g/mol. The number of hydrogen-bond donors (Lipinski definition) is 1. The highest BCUT2D eigenvalue weighted by molar-refractivity contribution is 5.72. The number of carbonyl (C=O) groups is 1. The summed E-state index contributed by atoms with van der Waals surface area (Å²) in [5.74, 6) is 2.68. The molecule has 2 aliphatic rings. The molecule has 27 heavy (non-hydrogen) atoms. The van der Waals surface area contributed by atoms with Gasteiger partial charge in [-0.05, 0) is 43.2 Å². The van der Waals surface area contributed by atoms with E-state index in [1.165, 1.54) is 5.56 Å². The highest BCUT2D eigenvalue weighted by Crippen LogP contribution is 2.40. The molecule has 1 aromatic heterocycles. The third-order valence-electron chi connectivity index (χ3n) is 5.52. The maximum atomic E-state index is 11.3. The van der Waals surface area contributed by atoms with E-state index in [1.807, 2.05) is 12.1 Å². The molecule has 0 amide bonds. The topological polar surface area (TPSA) is 75.5 Å². The van der Waals surface area contributed by atoms with Gasteiger partial charge in [-0.2, -0.15) is 0 Å². The molecule has 4 rings (SSSR count). The number of hydrogen-bond acceptors (Lipinski definition) is 5. The quantitative estimate of drug-likeness (QED) is 0.844. The summed E-state index contributed by atoms with van der Waals surface area (Å²) in [4.78, 5) is 22.7. The van der Waals surface area contributed by atoms with Gasteiger partial charge in [-0.1, -0.05) is 18.2 Å². The molecule has 0 spiro atoms. The Hall–Kier alpha value is -2.63. The van der Waals surface area contributed by atoms with Crippen molar-refractivity contribution in [1.82, 2.24) is 9.97 Å². The summed E-state index contributed by atoms with van der Waals surface area (Å²) >= 11 is 0. The average molecular weight is 367 g/mol. The molecule has 142 valence electrons. The van der Waals surface area contributed by atoms with Crippen molar-refractivity contribution in [3.8, 4) is 5.75 Å². The number of piperidine rings is 1. The second-order valence-electron chi connectivity index (χ2n) is 7.43. The Bertz CT molecular complexity index is 827. The molecule has 0 atom stereocenters. The van der Waals surface area contributed by atoms with Crippen LogP contribution in [-0.4, -0.2) is 41.2 Å². The third-order valence-corrected chi connectivity index (χ3v) is 5.52. The highest BCUT2D eigenvalue weighted by atomic mass is 16.5. The number of para-hydroxylation sites is 1. The first-order valence-corrected chi connectivity index (χ1v) is 9.61. The fourth-order valence-corrected chi connectivity index (χ4v) is 3.92. The van der Waals surface area contributed by atoms with Gasteiger partial charge in [0, 0.05) is 30.8 Å². The van der Waals surface area contributed by atoms with Crippen LogP contribution in [0.3, 0.4) is 0 Å². The van der Waals surface area contributed by atoms with Crippen molar-refractivity contribution in [2.75, 3.05) is 25.1 Å². The molecule has 0 unspecified atom stereocenters. The minimum Gasteiger partial charge on any atom is -0.496 e. The van der Waals surface area contributed by atoms with E-state index in [4.69, 9.17) is 9.72 Å². The van der Waals surface area contributed by atoms with Crippen molar-refractivity contribution in [1.29, 1.82) is 0 Å². The van der Waals surface area contributed by atoms with Crippen LogP contribution in [0.25, 0.3) is 0 Å². The minimum absolute atomic E-state index is 0.0350. The molecule has 6 heteroatoms. The molecular weight excluding hydrogens is 342 g/mol. The molecule has 1 aliphatic heterocycles. The molecule has 2 aromatic rings. The summed E-state index contributed by atoms with van der Waals surface area (Å²) in [5, 5.41) is 9.24. The van der Waals surface area contributed by atoms with Gasteiger partial charge >= 0.3 is 5.97 Å². The summed E-state index contributed by atoms with van der Waals surface area (Å²) < 4.78 is 5.52. The van der Waals surface area contributed by atoms with E-state index in [-0.39, 0.29) is 6.42 Å². The Morgan fingerprint density at radius 1 is 1.19 bits per heavy atom. The number of rotatable bonds is 6. The lowest BCUT2D eigenvalue weighted by atomic mass is 9.88. The first-order chi connectivity index (χ1) is 13.2. The number of aromatic nitrogens is 2. The number of methoxy groups -OCH3 is 1. The van der Waals surface area contributed by atoms with Gasteiger partial charge < -0.3 is 14.7 Å². The van der Waals surface area contributed by atoms with Gasteiger partial charge in [-0.15, -0.1) is 0 Å². The lowest BCUT2D eigenvalue weighted by Crippen LogP contribution is -2.34. The Balaban J connectivity index is 1.53. The summed E-state index contributed by atoms with van der Waals surface area (Å²) in [6.07, 6.45) is 5.94. The maximum absolute atomic E-state index is 11.3. The van der Waals surface area contributed by atoms with Crippen LogP contribution in [0.1, 0.15) is 54.5 Å². The molecule has 1 aliphatic carbocycles. The molecule has 1 aromatic carbocycles. The summed E-state index contributed by atoms with van der Waals surface area (Å²) in [7, 11) is 1.71. The van der Waals surface area contributed by atoms with Crippen LogP contribution in [0, 0.1) is 0 Å². The largest absolute Gasteiger partial charge is 0.496 e. The van der Waals surface area contributed by atoms with Crippen LogP contribution in [0.15, 0.2) is 30.5 Å². The van der Waals surface area contributed by atoms with Gasteiger partial charge in [0.15, 0.2) is 0 Å². The normalized spacial score (nSPS) is 17.7. The van der Waals surface area contributed by atoms with Gasteiger partial charge in [0.05, 0.1) is 13.5 Å². The van der Waals surface area contributed by atoms with Gasteiger partial charge in [-0.25, -0.2) is 9.97 Å². The van der Waals surface area contributed by atoms with Crippen molar-refractivity contribution >= 4 is 11.8 Å². The zero-order chi connectivity index (χ0) is 18.8. The van der Waals surface area contributed by atoms with Crippen molar-refractivity contribution in [2.45, 2.75) is 43.9 Å². The molecular formula is C21H25N3O3. The van der Waals surface area contributed by atoms with Gasteiger partial charge in [0.1, 0.15) is 17.4 Å². The number of ether oxygens (including phenoxy) is 1. The second-order valence-corrected chi connectivity index (χ2v) is 7.43. The van der Waals surface area contributed by atoms with Gasteiger partial charge in [-0.3, -0.25) is 4.79 Å². The van der Waals surface area contributed by atoms with Gasteiger partial charge in [0.25, 0.3) is 0 Å². The van der Waals surface area contributed by atoms with Crippen molar-refractivity contribution < 1.29 is 14.6 Å². The Labute approximate surface area is 159 Å². The fraction of sp³-hybridized carbons (Fsp3) is 0.476. The molecule has 1 saturated heterocycles. The molecule has 1 N–H and O–H groups in total. The van der Waals surface area contributed by atoms with Crippen LogP contribution >= 0.6 is 0 Å². The molecule has 0 bridgehead atoms. The van der Waals surface area contributed by atoms with E-state index in [2.05, 4.69) is 22.0 Å². The smallest absolute Gasteiger partial charge is 0.308 e. The van der Waals surface area contributed by atoms with E-state index >= 15 is 0 Å². The summed E-state index contributed by atoms with van der Waals surface area (Å²) in [6, 6.07) is 8.21. The van der Waals surface area contributed by atoms with E-state index in [0.29, 0.717) is 17.4 Å². The van der Waals surface area contributed by atoms with Crippen LogP contribution in [0.4, 0.5) is 5.82 Å². The number of nitrogens with zero attached hydrogens (tertiary/aromatic N) is 3. The first kappa shape index (κ1) is 17.8. The maximum Gasteiger partial charge on any atom is 0.308 e. The molecule has 1 saturated carbocycles. The minimum atomic E-state index is -0.845. The average Bonchev–Trinajstić information content (AvgIpc) is 3.53. The predicted molar refractivity (Wildman–Crippen MR) is 103 cm³/mol. The number of anilines is 1. The van der Waals surface area contributed by atoms with Crippen LogP contribution in [0.2, 0.25) is 0 Å². The van der Waals surface area contributed by atoms with Gasteiger partial charge in [0.2, 0.25) is 0 Å². The second kappa shape index (κ2) is 7.55. The summed E-state index contributed by atoms with van der Waals surface area (Å²) in [5.41, 5.74) is 1.97. The predicted octanol–water partition coefficient (Wildman–Crippen LogP) is 3.37. The Morgan fingerprint density at radius 2 is 1.93 bits per heavy atom. The number of carboxylic acids is 1. The standard InChI is InChI=1S/C21H25N3O3/c1-27-18-5-3-2-4-17(18)14-8-10-24(11-9-14)21-16(12-19(25)26)13-22-20(23-21)15-6-7-15/h2-5,13-15H,6-12H2,1H3,(H,25,26). The third kappa shape index (κ3) is 3.89. The molecule has 2 fully saturated rings. The van der Waals surface area contributed by atoms with E-state index in [1.54, 1.807) is 13.3 Å². The number of benzene rings is 1. The molecule has 2 heterocycles. The van der Waals surface area contributed by atoms with E-state index in [9.17, 15) is 9.90 Å². The van der Waals surface area contributed by atoms with Crippen LogP contribution < -0.4 is 9.64 Å². The van der Waals surface area contributed by atoms with Crippen LogP contribution in [-0.2, 0) is 11.2 Å². The lowest BCUT2D eigenvalue weighted by Gasteiger charge is -2.34. The van der Waals surface area contributed by atoms with Crippen molar-refractivity contribution in [3.05, 3.63) is 47.4 Å². The first-order valence-electron chi connectivity index (χ1n) is 9.61. The Kier molecular flexibility index (Phi) is 4.97. The van der Waals surface area contributed by atoms with E-state index in [0.717, 1.165) is 56.2 Å². The number of carboxylic acid groups (broad SMARTS) is 1. The van der Waals surface area contributed by atoms with Crippen molar-refractivity contribution in [2.24, 2.45) is 0 Å². The molecule has 0 radical (unpaired) electrons. The fourth-order valence-electron chi connectivity index (χ4n) is 3.92. The van der Waals surface area contributed by atoms with Crippen LogP contribution in [0.5, 0.6) is 5.75 Å². The zero-order valence-electron chi connectivity index (χ0n) is 15.6. The lowest BCUT2D eigenvalue weighted by molar-refractivity contribution is -0.136. The Morgan fingerprint density at radius 3 is 2.59 bits per heavy atom. The molecule has 6 nitrogen and oxygen atoms in total. The van der Waals surface area contributed by atoms with Crippen molar-refractivity contribution in [3.63, 3.8) is 0 Å². The SMILES string of the molecule is COc1ccccc1C1CCN(c2nc(C3CC3)ncc2CC(=O)O)CC1. The highest BCUT2D eigenvalue weighted by Gasteiger charge is 2.30. The number of aliphatic carboxylic acids is 1. The summed E-state index contributed by atoms with van der Waals surface area (Å²) in [6.45, 7) is 1.72. The van der Waals surface area contributed by atoms with E-state index < -0.39 is 5.97 Å².